The van der Waals surface area contributed by atoms with Crippen molar-refractivity contribution in [3.8, 4) is 11.8 Å². The fraction of sp³-hybridized carbons (Fsp3) is 0.120. The van der Waals surface area contributed by atoms with E-state index in [0.717, 1.165) is 11.1 Å². The molecule has 0 fully saturated rings. The van der Waals surface area contributed by atoms with Crippen molar-refractivity contribution in [2.45, 2.75) is 13.3 Å². The highest BCUT2D eigenvalue weighted by Crippen LogP contribution is 2.32. The van der Waals surface area contributed by atoms with Crippen LogP contribution in [0.3, 0.4) is 0 Å². The van der Waals surface area contributed by atoms with Gasteiger partial charge in [0.1, 0.15) is 23.2 Å². The van der Waals surface area contributed by atoms with Crippen molar-refractivity contribution in [1.29, 1.82) is 5.26 Å². The fourth-order valence-electron chi connectivity index (χ4n) is 3.16. The second kappa shape index (κ2) is 9.92. The van der Waals surface area contributed by atoms with Crippen LogP contribution in [0.5, 0.6) is 5.75 Å². The third-order valence-corrected chi connectivity index (χ3v) is 4.96. The molecule has 3 rings (SSSR count). The van der Waals surface area contributed by atoms with Crippen LogP contribution in [0, 0.1) is 24.1 Å². The number of hydrogen-bond acceptors (Lipinski definition) is 3. The van der Waals surface area contributed by atoms with Gasteiger partial charge in [0.25, 0.3) is 5.91 Å². The number of carbonyl (C=O) groups excluding carboxylic acids is 1. The zero-order valence-corrected chi connectivity index (χ0v) is 17.8. The van der Waals surface area contributed by atoms with Gasteiger partial charge in [-0.3, -0.25) is 4.79 Å². The van der Waals surface area contributed by atoms with E-state index >= 15 is 0 Å². The molecule has 0 heterocycles. The van der Waals surface area contributed by atoms with Gasteiger partial charge in [-0.25, -0.2) is 4.39 Å². The van der Waals surface area contributed by atoms with E-state index in [1.807, 2.05) is 31.2 Å². The Labute approximate surface area is 185 Å². The Morgan fingerprint density at radius 3 is 2.65 bits per heavy atom. The maximum atomic E-state index is 13.5. The molecule has 3 aromatic rings. The second-order valence-corrected chi connectivity index (χ2v) is 7.39. The molecule has 0 aliphatic carbocycles. The number of carbonyl (C=O) groups is 1. The Morgan fingerprint density at radius 1 is 1.19 bits per heavy atom. The summed E-state index contributed by atoms with van der Waals surface area (Å²) in [5.41, 5.74) is 3.50. The van der Waals surface area contributed by atoms with Crippen LogP contribution in [-0.2, 0) is 11.2 Å². The molecule has 156 valence electrons. The minimum absolute atomic E-state index is 0.0718. The van der Waals surface area contributed by atoms with Gasteiger partial charge < -0.3 is 10.1 Å². The minimum Gasteiger partial charge on any atom is -0.496 e. The highest BCUT2D eigenvalue weighted by atomic mass is 35.5. The molecular formula is C25H20ClFN2O2. The number of aryl methyl sites for hydroxylation is 1. The van der Waals surface area contributed by atoms with Crippen LogP contribution in [0.2, 0.25) is 5.02 Å². The van der Waals surface area contributed by atoms with Gasteiger partial charge in [-0.2, -0.15) is 5.26 Å². The molecule has 0 unspecified atom stereocenters. The lowest BCUT2D eigenvalue weighted by molar-refractivity contribution is -0.112. The summed E-state index contributed by atoms with van der Waals surface area (Å²) < 4.78 is 19.0. The van der Waals surface area contributed by atoms with Crippen molar-refractivity contribution >= 4 is 29.3 Å². The smallest absolute Gasteiger partial charge is 0.266 e. The number of methoxy groups -OCH3 is 1. The number of ether oxygens (including phenoxy) is 1. The molecule has 0 atom stereocenters. The monoisotopic (exact) mass is 434 g/mol. The minimum atomic E-state index is -0.521. The molecule has 0 saturated carbocycles. The van der Waals surface area contributed by atoms with Crippen LogP contribution in [-0.4, -0.2) is 13.0 Å². The summed E-state index contributed by atoms with van der Waals surface area (Å²) in [4.78, 5) is 12.5. The Hall–Kier alpha value is -3.62. The van der Waals surface area contributed by atoms with Crippen molar-refractivity contribution in [2.24, 2.45) is 0 Å². The van der Waals surface area contributed by atoms with Gasteiger partial charge in [0.05, 0.1) is 7.11 Å². The van der Waals surface area contributed by atoms with Crippen molar-refractivity contribution in [1.82, 2.24) is 0 Å². The largest absolute Gasteiger partial charge is 0.496 e. The average molecular weight is 435 g/mol. The molecular weight excluding hydrogens is 415 g/mol. The first-order valence-corrected chi connectivity index (χ1v) is 9.88. The summed E-state index contributed by atoms with van der Waals surface area (Å²) >= 11 is 6.47. The summed E-state index contributed by atoms with van der Waals surface area (Å²) in [5, 5.41) is 12.6. The van der Waals surface area contributed by atoms with Gasteiger partial charge in [0.15, 0.2) is 0 Å². The Balaban J connectivity index is 1.89. The van der Waals surface area contributed by atoms with Crippen LogP contribution in [0.25, 0.3) is 6.08 Å². The Kier molecular flexibility index (Phi) is 7.07. The zero-order chi connectivity index (χ0) is 22.4. The number of anilines is 1. The molecule has 0 radical (unpaired) electrons. The molecule has 1 N–H and O–H groups in total. The molecule has 1 amide bonds. The maximum absolute atomic E-state index is 13.5. The van der Waals surface area contributed by atoms with Gasteiger partial charge in [-0.1, -0.05) is 35.9 Å². The van der Waals surface area contributed by atoms with Crippen molar-refractivity contribution < 1.29 is 13.9 Å². The fourth-order valence-corrected chi connectivity index (χ4v) is 3.44. The number of amides is 1. The normalized spacial score (nSPS) is 11.0. The predicted molar refractivity (Wildman–Crippen MR) is 121 cm³/mol. The van der Waals surface area contributed by atoms with E-state index in [9.17, 15) is 14.4 Å². The number of nitrogens with one attached hydrogen (secondary N) is 1. The molecule has 6 heteroatoms. The Bertz CT molecular complexity index is 1200. The number of halogens is 2. The molecule has 0 aliphatic rings. The number of hydrogen-bond donors (Lipinski definition) is 1. The summed E-state index contributed by atoms with van der Waals surface area (Å²) in [5.74, 6) is -0.364. The van der Waals surface area contributed by atoms with Crippen LogP contribution in [0.1, 0.15) is 22.3 Å². The molecule has 0 aromatic heterocycles. The lowest BCUT2D eigenvalue weighted by atomic mass is 10.0. The number of rotatable bonds is 6. The maximum Gasteiger partial charge on any atom is 0.266 e. The Morgan fingerprint density at radius 2 is 1.97 bits per heavy atom. The average Bonchev–Trinajstić information content (AvgIpc) is 2.73. The lowest BCUT2D eigenvalue weighted by Crippen LogP contribution is -2.13. The van der Waals surface area contributed by atoms with Gasteiger partial charge >= 0.3 is 0 Å². The first kappa shape index (κ1) is 22.1. The molecule has 0 aliphatic heterocycles. The zero-order valence-electron chi connectivity index (χ0n) is 17.1. The van der Waals surface area contributed by atoms with E-state index in [4.69, 9.17) is 16.3 Å². The molecule has 0 spiro atoms. The predicted octanol–water partition coefficient (Wildman–Crippen LogP) is 5.93. The number of nitrogens with zero attached hydrogens (tertiary/aromatic N) is 1. The van der Waals surface area contributed by atoms with E-state index in [1.54, 1.807) is 30.3 Å². The summed E-state index contributed by atoms with van der Waals surface area (Å²) in [6, 6.07) is 18.8. The molecule has 0 saturated heterocycles. The van der Waals surface area contributed by atoms with Gasteiger partial charge in [0.2, 0.25) is 0 Å². The molecule has 31 heavy (non-hydrogen) atoms. The lowest BCUT2D eigenvalue weighted by Gasteiger charge is -2.13. The standard InChI is InChI=1S/C25H20ClFN2O2/c1-16-5-3-8-21(9-16)29-25(30)19(15-28)10-18-13-23(26)22(24(14-18)31-2)12-17-6-4-7-20(27)11-17/h3-11,13-14H,12H2,1-2H3,(H,29,30)/b19-10+. The van der Waals surface area contributed by atoms with E-state index in [1.165, 1.54) is 25.3 Å². The van der Waals surface area contributed by atoms with E-state index in [2.05, 4.69) is 5.32 Å². The van der Waals surface area contributed by atoms with Crippen LogP contribution >= 0.6 is 11.6 Å². The molecule has 4 nitrogen and oxygen atoms in total. The molecule has 3 aromatic carbocycles. The quantitative estimate of drug-likeness (QED) is 0.386. The van der Waals surface area contributed by atoms with Crippen LogP contribution in [0.4, 0.5) is 10.1 Å². The van der Waals surface area contributed by atoms with Gasteiger partial charge in [0, 0.05) is 22.7 Å². The highest BCUT2D eigenvalue weighted by molar-refractivity contribution is 6.31. The summed E-state index contributed by atoms with van der Waals surface area (Å²) in [6.45, 7) is 1.91. The first-order chi connectivity index (χ1) is 14.9. The molecule has 0 bridgehead atoms. The first-order valence-electron chi connectivity index (χ1n) is 9.50. The van der Waals surface area contributed by atoms with Gasteiger partial charge in [-0.05, 0) is 66.1 Å². The van der Waals surface area contributed by atoms with Crippen LogP contribution in [0.15, 0.2) is 66.2 Å². The topological polar surface area (TPSA) is 62.1 Å². The van der Waals surface area contributed by atoms with E-state index < -0.39 is 5.91 Å². The van der Waals surface area contributed by atoms with Crippen molar-refractivity contribution in [2.75, 3.05) is 12.4 Å². The third kappa shape index (κ3) is 5.71. The number of nitriles is 1. The number of benzene rings is 3. The van der Waals surface area contributed by atoms with E-state index in [-0.39, 0.29) is 11.4 Å². The van der Waals surface area contributed by atoms with Crippen molar-refractivity contribution in [3.05, 3.63) is 99.3 Å². The van der Waals surface area contributed by atoms with E-state index in [0.29, 0.717) is 34.0 Å². The third-order valence-electron chi connectivity index (χ3n) is 4.62. The van der Waals surface area contributed by atoms with Gasteiger partial charge in [-0.15, -0.1) is 0 Å². The summed E-state index contributed by atoms with van der Waals surface area (Å²) in [6.07, 6.45) is 1.83. The van der Waals surface area contributed by atoms with Crippen LogP contribution < -0.4 is 10.1 Å². The SMILES string of the molecule is COc1cc(/C=C(\C#N)C(=O)Nc2cccc(C)c2)cc(Cl)c1Cc1cccc(F)c1. The highest BCUT2D eigenvalue weighted by Gasteiger charge is 2.14. The second-order valence-electron chi connectivity index (χ2n) is 6.98. The summed E-state index contributed by atoms with van der Waals surface area (Å²) in [7, 11) is 1.50. The van der Waals surface area contributed by atoms with Crippen molar-refractivity contribution in [3.63, 3.8) is 0 Å².